The number of hydrogen-bond donors (Lipinski definition) is 0. The largest absolute Gasteiger partial charge is 0.496 e. The number of pyridine rings is 1. The number of Topliss-reactive ketones (excluding diaryl/α,β-unsaturated/α-hetero) is 2. The van der Waals surface area contributed by atoms with Crippen LogP contribution in [0.5, 0.6) is 5.75 Å². The Kier molecular flexibility index (Phi) is 5.33. The molecule has 1 aliphatic heterocycles. The topological polar surface area (TPSA) is 62.7 Å². The molecule has 6 nitrogen and oxygen atoms in total. The quantitative estimate of drug-likeness (QED) is 0.583. The van der Waals surface area contributed by atoms with Crippen molar-refractivity contribution in [2.45, 2.75) is 12.1 Å². The number of para-hydroxylation sites is 1. The molecule has 2 aromatic carbocycles. The number of rotatable bonds is 5. The van der Waals surface area contributed by atoms with Gasteiger partial charge >= 0.3 is 0 Å². The molecule has 6 heteroatoms. The lowest BCUT2D eigenvalue weighted by molar-refractivity contribution is 0.0266. The first-order chi connectivity index (χ1) is 15.7. The summed E-state index contributed by atoms with van der Waals surface area (Å²) >= 11 is 0. The van der Waals surface area contributed by atoms with Crippen LogP contribution in [0.4, 0.5) is 0 Å². The summed E-state index contributed by atoms with van der Waals surface area (Å²) in [5.74, 6) is 0.529. The Bertz CT molecular complexity index is 1120. The van der Waals surface area contributed by atoms with Crippen molar-refractivity contribution in [3.05, 3.63) is 95.3 Å². The highest BCUT2D eigenvalue weighted by molar-refractivity contribution is 6.32. The number of benzene rings is 2. The van der Waals surface area contributed by atoms with E-state index in [4.69, 9.17) is 4.74 Å². The van der Waals surface area contributed by atoms with Crippen molar-refractivity contribution < 1.29 is 14.3 Å². The molecule has 1 saturated heterocycles. The van der Waals surface area contributed by atoms with Gasteiger partial charge in [0.15, 0.2) is 17.1 Å². The van der Waals surface area contributed by atoms with Crippen LogP contribution in [0, 0.1) is 0 Å². The Morgan fingerprint density at radius 3 is 2.09 bits per heavy atom. The van der Waals surface area contributed by atoms with Crippen molar-refractivity contribution in [1.29, 1.82) is 0 Å². The number of carbonyl (C=O) groups is 2. The fourth-order valence-corrected chi connectivity index (χ4v) is 4.95. The average molecular weight is 428 g/mol. The van der Waals surface area contributed by atoms with Crippen LogP contribution in [0.2, 0.25) is 0 Å². The molecule has 162 valence electrons. The van der Waals surface area contributed by atoms with Gasteiger partial charge in [0.1, 0.15) is 5.75 Å². The second-order valence-electron chi connectivity index (χ2n) is 8.20. The van der Waals surface area contributed by atoms with Gasteiger partial charge in [0.2, 0.25) is 0 Å². The van der Waals surface area contributed by atoms with Gasteiger partial charge in [-0.2, -0.15) is 0 Å². The summed E-state index contributed by atoms with van der Waals surface area (Å²) in [6.07, 6.45) is 1.65. The molecule has 0 atom stereocenters. The molecule has 0 spiro atoms. The Balaban J connectivity index is 1.44. The van der Waals surface area contributed by atoms with Crippen LogP contribution in [0.3, 0.4) is 0 Å². The first-order valence-electron chi connectivity index (χ1n) is 10.9. The van der Waals surface area contributed by atoms with E-state index in [2.05, 4.69) is 16.0 Å². The van der Waals surface area contributed by atoms with Gasteiger partial charge in [-0.1, -0.05) is 48.5 Å². The molecule has 5 rings (SSSR count). The predicted octanol–water partition coefficient (Wildman–Crippen LogP) is 3.18. The fraction of sp³-hybridized carbons (Fsp3) is 0.269. The first kappa shape index (κ1) is 20.5. The van der Waals surface area contributed by atoms with E-state index in [9.17, 15) is 9.59 Å². The van der Waals surface area contributed by atoms with Gasteiger partial charge in [-0.3, -0.25) is 24.4 Å². The number of nitrogens with zero attached hydrogens (tertiary/aromatic N) is 3. The third kappa shape index (κ3) is 3.15. The van der Waals surface area contributed by atoms with Crippen LogP contribution < -0.4 is 4.74 Å². The van der Waals surface area contributed by atoms with Gasteiger partial charge in [0.05, 0.1) is 12.8 Å². The lowest BCUT2D eigenvalue weighted by atomic mass is 9.85. The predicted molar refractivity (Wildman–Crippen MR) is 121 cm³/mol. The second-order valence-corrected chi connectivity index (χ2v) is 8.20. The molecule has 1 aliphatic carbocycles. The number of aromatic nitrogens is 1. The van der Waals surface area contributed by atoms with Gasteiger partial charge < -0.3 is 4.74 Å². The molecule has 0 N–H and O–H groups in total. The van der Waals surface area contributed by atoms with Gasteiger partial charge in [0, 0.05) is 55.6 Å². The normalized spacial score (nSPS) is 18.5. The third-order valence-electron chi connectivity index (χ3n) is 6.54. The molecule has 3 aromatic rings. The molecule has 2 heterocycles. The summed E-state index contributed by atoms with van der Waals surface area (Å²) in [5, 5.41) is 0. The lowest BCUT2D eigenvalue weighted by Crippen LogP contribution is -2.60. The van der Waals surface area contributed by atoms with Crippen molar-refractivity contribution in [3.8, 4) is 5.75 Å². The number of fused-ring (bicyclic) bond motifs is 1. The van der Waals surface area contributed by atoms with Crippen molar-refractivity contribution in [3.63, 3.8) is 0 Å². The van der Waals surface area contributed by atoms with Crippen molar-refractivity contribution in [1.82, 2.24) is 14.8 Å². The highest BCUT2D eigenvalue weighted by Gasteiger charge is 2.59. The molecule has 1 fully saturated rings. The third-order valence-corrected chi connectivity index (χ3v) is 6.54. The molecule has 2 aliphatic rings. The molecule has 0 saturated carbocycles. The van der Waals surface area contributed by atoms with Crippen LogP contribution in [0.1, 0.15) is 32.0 Å². The lowest BCUT2D eigenvalue weighted by Gasteiger charge is -2.43. The maximum Gasteiger partial charge on any atom is 0.198 e. The monoisotopic (exact) mass is 427 g/mol. The molecule has 0 bridgehead atoms. The maximum atomic E-state index is 13.8. The van der Waals surface area contributed by atoms with E-state index < -0.39 is 5.54 Å². The van der Waals surface area contributed by atoms with Gasteiger partial charge in [-0.15, -0.1) is 0 Å². The maximum absolute atomic E-state index is 13.8. The van der Waals surface area contributed by atoms with Crippen molar-refractivity contribution >= 4 is 11.6 Å². The van der Waals surface area contributed by atoms with Crippen molar-refractivity contribution in [2.24, 2.45) is 0 Å². The average Bonchev–Trinajstić information content (AvgIpc) is 3.08. The molecule has 0 radical (unpaired) electrons. The number of ether oxygens (including phenoxy) is 1. The summed E-state index contributed by atoms with van der Waals surface area (Å²) in [5.41, 5.74) is 1.22. The van der Waals surface area contributed by atoms with E-state index in [-0.39, 0.29) is 11.6 Å². The number of carbonyl (C=O) groups excluding carboxylic acids is 2. The second kappa shape index (κ2) is 8.30. The molecule has 1 aromatic heterocycles. The summed E-state index contributed by atoms with van der Waals surface area (Å²) in [6.45, 7) is 3.43. The molecular formula is C26H25N3O3. The zero-order valence-corrected chi connectivity index (χ0v) is 18.0. The van der Waals surface area contributed by atoms with E-state index in [0.29, 0.717) is 29.9 Å². The highest BCUT2D eigenvalue weighted by atomic mass is 16.5. The Morgan fingerprint density at radius 2 is 1.47 bits per heavy atom. The fourth-order valence-electron chi connectivity index (χ4n) is 4.95. The van der Waals surface area contributed by atoms with Crippen LogP contribution in [-0.4, -0.2) is 59.6 Å². The SMILES string of the molecule is COc1ccccc1CN1CCN(C2(c3ccccn3)C(=O)c3ccccc3C2=O)CC1. The van der Waals surface area contributed by atoms with Crippen LogP contribution >= 0.6 is 0 Å². The minimum absolute atomic E-state index is 0.171. The van der Waals surface area contributed by atoms with Gasteiger partial charge in [-0.05, 0) is 18.2 Å². The van der Waals surface area contributed by atoms with Crippen LogP contribution in [0.25, 0.3) is 0 Å². The summed E-state index contributed by atoms with van der Waals surface area (Å²) < 4.78 is 5.49. The van der Waals surface area contributed by atoms with E-state index in [1.54, 1.807) is 37.6 Å². The number of piperazine rings is 1. The Hall–Kier alpha value is -3.35. The smallest absolute Gasteiger partial charge is 0.198 e. The first-order valence-corrected chi connectivity index (χ1v) is 10.9. The number of ketones is 2. The van der Waals surface area contributed by atoms with Crippen LogP contribution in [-0.2, 0) is 12.1 Å². The van der Waals surface area contributed by atoms with Crippen LogP contribution in [0.15, 0.2) is 72.9 Å². The molecule has 0 unspecified atom stereocenters. The van der Waals surface area contributed by atoms with Gasteiger partial charge in [-0.25, -0.2) is 0 Å². The highest BCUT2D eigenvalue weighted by Crippen LogP contribution is 2.42. The summed E-state index contributed by atoms with van der Waals surface area (Å²) in [7, 11) is 1.68. The van der Waals surface area contributed by atoms with E-state index in [1.807, 2.05) is 41.3 Å². The number of hydrogen-bond acceptors (Lipinski definition) is 6. The summed E-state index contributed by atoms with van der Waals surface area (Å²) in [6, 6.07) is 20.6. The number of methoxy groups -OCH3 is 1. The minimum Gasteiger partial charge on any atom is -0.496 e. The molecule has 0 amide bonds. The minimum atomic E-state index is -1.39. The van der Waals surface area contributed by atoms with E-state index >= 15 is 0 Å². The molecule has 32 heavy (non-hydrogen) atoms. The standard InChI is InChI=1S/C26H25N3O3/c1-32-22-11-5-2-8-19(22)18-28-14-16-29(17-15-28)26(23-12-6-7-13-27-23)24(30)20-9-3-4-10-21(20)25(26)31/h2-13H,14-18H2,1H3. The Morgan fingerprint density at radius 1 is 0.844 bits per heavy atom. The van der Waals surface area contributed by atoms with E-state index in [0.717, 1.165) is 30.9 Å². The Labute approximate surface area is 187 Å². The van der Waals surface area contributed by atoms with Crippen molar-refractivity contribution in [2.75, 3.05) is 33.3 Å². The zero-order valence-electron chi connectivity index (χ0n) is 18.0. The summed E-state index contributed by atoms with van der Waals surface area (Å²) in [4.78, 5) is 36.3. The van der Waals surface area contributed by atoms with E-state index in [1.165, 1.54) is 0 Å². The zero-order chi connectivity index (χ0) is 22.1. The molecular weight excluding hydrogens is 402 g/mol. The van der Waals surface area contributed by atoms with Gasteiger partial charge in [0.25, 0.3) is 0 Å².